The minimum Gasteiger partial charge on any atom is -0.310 e. The van der Waals surface area contributed by atoms with Crippen LogP contribution in [0.2, 0.25) is 0 Å². The van der Waals surface area contributed by atoms with Crippen LogP contribution in [-0.4, -0.2) is 19.2 Å². The van der Waals surface area contributed by atoms with Crippen LogP contribution in [0.5, 0.6) is 0 Å². The van der Waals surface area contributed by atoms with Crippen LogP contribution in [0.1, 0.15) is 11.4 Å². The lowest BCUT2D eigenvalue weighted by molar-refractivity contribution is 0.664. The van der Waals surface area contributed by atoms with Gasteiger partial charge in [0.05, 0.1) is 0 Å². The van der Waals surface area contributed by atoms with E-state index >= 15 is 0 Å². The Balaban J connectivity index is 1.90. The fourth-order valence-corrected chi connectivity index (χ4v) is 2.11. The maximum atomic E-state index is 12.2. The van der Waals surface area contributed by atoms with E-state index in [0.29, 0.717) is 12.2 Å². The Morgan fingerprint density at radius 1 is 1.11 bits per heavy atom. The molecule has 0 N–H and O–H groups in total. The lowest BCUT2D eigenvalue weighted by Gasteiger charge is -2.06. The number of nitrogens with zero attached hydrogens (tertiary/aromatic N) is 4. The third-order valence-corrected chi connectivity index (χ3v) is 3.20. The molecule has 0 aliphatic rings. The number of hydrogen-bond acceptors (Lipinski definition) is 3. The van der Waals surface area contributed by atoms with E-state index in [-0.39, 0.29) is 5.56 Å². The van der Waals surface area contributed by atoms with E-state index in [1.165, 1.54) is 5.56 Å². The van der Waals surface area contributed by atoms with E-state index in [0.717, 1.165) is 12.2 Å². The Kier molecular flexibility index (Phi) is 2.87. The van der Waals surface area contributed by atoms with Crippen molar-refractivity contribution in [3.8, 4) is 0 Å². The van der Waals surface area contributed by atoms with Crippen molar-refractivity contribution < 1.29 is 0 Å². The molecule has 5 heteroatoms. The predicted octanol–water partition coefficient (Wildman–Crippen LogP) is 1.44. The molecule has 2 heterocycles. The maximum Gasteiger partial charge on any atom is 0.296 e. The molecule has 0 amide bonds. The Morgan fingerprint density at radius 2 is 1.89 bits per heavy atom. The maximum absolute atomic E-state index is 12.2. The highest BCUT2D eigenvalue weighted by Crippen LogP contribution is 2.02. The second-order valence-corrected chi connectivity index (χ2v) is 4.47. The summed E-state index contributed by atoms with van der Waals surface area (Å²) in [4.78, 5) is 12.2. The van der Waals surface area contributed by atoms with Crippen molar-refractivity contribution in [3.63, 3.8) is 0 Å². The molecule has 0 saturated carbocycles. The monoisotopic (exact) mass is 254 g/mol. The van der Waals surface area contributed by atoms with Gasteiger partial charge in [-0.05, 0) is 18.9 Å². The van der Waals surface area contributed by atoms with Gasteiger partial charge in [-0.1, -0.05) is 30.3 Å². The van der Waals surface area contributed by atoms with Crippen molar-refractivity contribution in [2.24, 2.45) is 0 Å². The zero-order valence-corrected chi connectivity index (χ0v) is 10.7. The Morgan fingerprint density at radius 3 is 2.68 bits per heavy atom. The molecular weight excluding hydrogens is 240 g/mol. The summed E-state index contributed by atoms with van der Waals surface area (Å²) in [6.45, 7) is 2.47. The summed E-state index contributed by atoms with van der Waals surface area (Å²) in [5.74, 6) is 0.724. The first-order valence-electron chi connectivity index (χ1n) is 6.20. The molecule has 0 unspecified atom stereocenters. The van der Waals surface area contributed by atoms with Crippen LogP contribution in [0.3, 0.4) is 0 Å². The van der Waals surface area contributed by atoms with E-state index in [9.17, 15) is 4.79 Å². The van der Waals surface area contributed by atoms with Crippen molar-refractivity contribution >= 4 is 5.65 Å². The minimum atomic E-state index is -0.0981. The van der Waals surface area contributed by atoms with Crippen LogP contribution in [-0.2, 0) is 13.0 Å². The summed E-state index contributed by atoms with van der Waals surface area (Å²) in [6, 6.07) is 10.1. The summed E-state index contributed by atoms with van der Waals surface area (Å²) in [5, 5.41) is 7.83. The third-order valence-electron chi connectivity index (χ3n) is 3.20. The molecule has 0 bridgehead atoms. The van der Waals surface area contributed by atoms with Gasteiger partial charge in [-0.3, -0.25) is 9.20 Å². The second kappa shape index (κ2) is 4.68. The van der Waals surface area contributed by atoms with Crippen LogP contribution in [0, 0.1) is 6.92 Å². The van der Waals surface area contributed by atoms with Gasteiger partial charge in [0.25, 0.3) is 5.56 Å². The van der Waals surface area contributed by atoms with Crippen LogP contribution >= 0.6 is 0 Å². The number of aromatic nitrogens is 4. The summed E-state index contributed by atoms with van der Waals surface area (Å²) < 4.78 is 3.39. The van der Waals surface area contributed by atoms with Gasteiger partial charge >= 0.3 is 0 Å². The molecule has 0 atom stereocenters. The molecule has 19 heavy (non-hydrogen) atoms. The van der Waals surface area contributed by atoms with Gasteiger partial charge in [0, 0.05) is 18.9 Å². The summed E-state index contributed by atoms with van der Waals surface area (Å²) >= 11 is 0. The lowest BCUT2D eigenvalue weighted by Crippen LogP contribution is -2.22. The van der Waals surface area contributed by atoms with E-state index < -0.39 is 0 Å². The molecule has 0 spiro atoms. The van der Waals surface area contributed by atoms with Crippen LogP contribution < -0.4 is 5.56 Å². The zero-order chi connectivity index (χ0) is 13.2. The average molecular weight is 254 g/mol. The SMILES string of the molecule is Cc1nnc2c(=O)n(CCc3ccccc3)ccn12. The normalized spacial score (nSPS) is 11.0. The fourth-order valence-electron chi connectivity index (χ4n) is 2.11. The first-order valence-corrected chi connectivity index (χ1v) is 6.20. The van der Waals surface area contributed by atoms with Crippen molar-refractivity contribution in [2.45, 2.75) is 19.9 Å². The van der Waals surface area contributed by atoms with Crippen molar-refractivity contribution in [1.29, 1.82) is 0 Å². The topological polar surface area (TPSA) is 52.2 Å². The molecule has 2 aromatic heterocycles. The molecular formula is C14H14N4O. The first kappa shape index (κ1) is 11.6. The lowest BCUT2D eigenvalue weighted by atomic mass is 10.1. The molecule has 0 aliphatic heterocycles. The molecule has 0 saturated heterocycles. The van der Waals surface area contributed by atoms with E-state index in [2.05, 4.69) is 22.3 Å². The van der Waals surface area contributed by atoms with Crippen LogP contribution in [0.15, 0.2) is 47.5 Å². The molecule has 5 nitrogen and oxygen atoms in total. The molecule has 0 fully saturated rings. The summed E-state index contributed by atoms with van der Waals surface area (Å²) in [6.07, 6.45) is 4.44. The van der Waals surface area contributed by atoms with Gasteiger partial charge in [0.2, 0.25) is 5.65 Å². The van der Waals surface area contributed by atoms with E-state index in [1.54, 1.807) is 15.2 Å². The molecule has 1 aromatic carbocycles. The predicted molar refractivity (Wildman–Crippen MR) is 72.1 cm³/mol. The molecule has 3 aromatic rings. The van der Waals surface area contributed by atoms with Crippen molar-refractivity contribution in [2.75, 3.05) is 0 Å². The summed E-state index contributed by atoms with van der Waals surface area (Å²) in [7, 11) is 0. The van der Waals surface area contributed by atoms with Gasteiger partial charge in [-0.2, -0.15) is 0 Å². The third kappa shape index (κ3) is 2.14. The number of aryl methyl sites for hydroxylation is 3. The molecule has 96 valence electrons. The molecule has 0 radical (unpaired) electrons. The van der Waals surface area contributed by atoms with Gasteiger partial charge < -0.3 is 4.57 Å². The van der Waals surface area contributed by atoms with E-state index in [1.807, 2.05) is 31.3 Å². The Labute approximate surface area is 110 Å². The summed E-state index contributed by atoms with van der Waals surface area (Å²) in [5.41, 5.74) is 1.50. The van der Waals surface area contributed by atoms with Gasteiger partial charge in [-0.25, -0.2) is 0 Å². The van der Waals surface area contributed by atoms with Gasteiger partial charge in [-0.15, -0.1) is 10.2 Å². The smallest absolute Gasteiger partial charge is 0.296 e. The number of fused-ring (bicyclic) bond motifs is 1. The molecule has 3 rings (SSSR count). The number of benzene rings is 1. The van der Waals surface area contributed by atoms with Gasteiger partial charge in [0.15, 0.2) is 0 Å². The average Bonchev–Trinajstić information content (AvgIpc) is 2.82. The largest absolute Gasteiger partial charge is 0.310 e. The second-order valence-electron chi connectivity index (χ2n) is 4.47. The highest BCUT2D eigenvalue weighted by atomic mass is 16.1. The Bertz CT molecular complexity index is 758. The van der Waals surface area contributed by atoms with E-state index in [4.69, 9.17) is 0 Å². The van der Waals surface area contributed by atoms with Gasteiger partial charge in [0.1, 0.15) is 5.82 Å². The number of hydrogen-bond donors (Lipinski definition) is 0. The Hall–Kier alpha value is -2.43. The van der Waals surface area contributed by atoms with Crippen LogP contribution in [0.4, 0.5) is 0 Å². The quantitative estimate of drug-likeness (QED) is 0.710. The minimum absolute atomic E-state index is 0.0981. The highest BCUT2D eigenvalue weighted by molar-refractivity contribution is 5.34. The number of rotatable bonds is 3. The van der Waals surface area contributed by atoms with Crippen molar-refractivity contribution in [1.82, 2.24) is 19.2 Å². The molecule has 0 aliphatic carbocycles. The van der Waals surface area contributed by atoms with Crippen molar-refractivity contribution in [3.05, 3.63) is 64.5 Å². The zero-order valence-electron chi connectivity index (χ0n) is 10.7. The first-order chi connectivity index (χ1) is 9.25. The van der Waals surface area contributed by atoms with Crippen LogP contribution in [0.25, 0.3) is 5.65 Å². The standard InChI is InChI=1S/C14H14N4O/c1-11-15-16-13-14(19)17(9-10-18(11)13)8-7-12-5-3-2-4-6-12/h2-6,9-10H,7-8H2,1H3. The fraction of sp³-hybridized carbons (Fsp3) is 0.214. The highest BCUT2D eigenvalue weighted by Gasteiger charge is 2.07.